The monoisotopic (exact) mass is 376 g/mol. The predicted octanol–water partition coefficient (Wildman–Crippen LogP) is 6.96. The van der Waals surface area contributed by atoms with Crippen LogP contribution in [-0.4, -0.2) is 0 Å². The Kier molecular flexibility index (Phi) is 5.01. The number of hydrogen-bond acceptors (Lipinski definition) is 0. The molecule has 0 saturated carbocycles. The van der Waals surface area contributed by atoms with Crippen LogP contribution in [-0.2, 0) is 0 Å². The fourth-order valence-corrected chi connectivity index (χ4v) is 3.52. The van der Waals surface area contributed by atoms with Crippen molar-refractivity contribution in [2.75, 3.05) is 0 Å². The molecule has 0 fully saturated rings. The van der Waals surface area contributed by atoms with Gasteiger partial charge in [0, 0.05) is 4.47 Å². The second-order valence-corrected chi connectivity index (χ2v) is 6.95. The molecule has 0 N–H and O–H groups in total. The summed E-state index contributed by atoms with van der Waals surface area (Å²) < 4.78 is 1.19. The molecule has 0 aliphatic heterocycles. The Morgan fingerprint density at radius 3 is 2.00 bits per heavy atom. The quantitative estimate of drug-likeness (QED) is 0.433. The minimum atomic E-state index is 1.19. The number of aryl methyl sites for hydroxylation is 2. The molecule has 0 saturated heterocycles. The molecule has 1 heteroatoms. The van der Waals surface area contributed by atoms with Gasteiger partial charge in [-0.05, 0) is 65.8 Å². The van der Waals surface area contributed by atoms with Gasteiger partial charge in [0.15, 0.2) is 0 Å². The van der Waals surface area contributed by atoms with Crippen molar-refractivity contribution in [3.8, 4) is 0 Å². The van der Waals surface area contributed by atoms with E-state index in [4.69, 9.17) is 0 Å². The first kappa shape index (κ1) is 16.7. The molecule has 0 amide bonds. The topological polar surface area (TPSA) is 0 Å². The van der Waals surface area contributed by atoms with E-state index >= 15 is 0 Å². The van der Waals surface area contributed by atoms with Gasteiger partial charge in [0.1, 0.15) is 0 Å². The van der Waals surface area contributed by atoms with Crippen LogP contribution in [0.5, 0.6) is 0 Å². The molecule has 3 rings (SSSR count). The summed E-state index contributed by atoms with van der Waals surface area (Å²) in [5.41, 5.74) is 8.90. The SMILES string of the molecule is Cc1cc(C)c(/C(=C/c2ccccc2)c2ccccc2)c(C)c1Br. The molecule has 0 unspecified atom stereocenters. The van der Waals surface area contributed by atoms with Gasteiger partial charge in [-0.15, -0.1) is 0 Å². The Bertz CT molecular complexity index is 875. The average molecular weight is 377 g/mol. The molecule has 24 heavy (non-hydrogen) atoms. The molecule has 0 aromatic heterocycles. The van der Waals surface area contributed by atoms with Gasteiger partial charge in [0.05, 0.1) is 0 Å². The zero-order valence-electron chi connectivity index (χ0n) is 14.3. The molecule has 0 bridgehead atoms. The third kappa shape index (κ3) is 3.37. The van der Waals surface area contributed by atoms with Gasteiger partial charge in [-0.2, -0.15) is 0 Å². The summed E-state index contributed by atoms with van der Waals surface area (Å²) in [5, 5.41) is 0. The molecule has 0 aliphatic carbocycles. The summed E-state index contributed by atoms with van der Waals surface area (Å²) in [7, 11) is 0. The molecule has 0 aliphatic rings. The first-order valence-electron chi connectivity index (χ1n) is 8.17. The zero-order valence-corrected chi connectivity index (χ0v) is 15.9. The highest BCUT2D eigenvalue weighted by Gasteiger charge is 2.14. The van der Waals surface area contributed by atoms with E-state index < -0.39 is 0 Å². The van der Waals surface area contributed by atoms with Gasteiger partial charge >= 0.3 is 0 Å². The van der Waals surface area contributed by atoms with Crippen molar-refractivity contribution >= 4 is 27.6 Å². The molecule has 0 nitrogen and oxygen atoms in total. The molecule has 0 heterocycles. The highest BCUT2D eigenvalue weighted by molar-refractivity contribution is 9.10. The maximum Gasteiger partial charge on any atom is 0.0240 e. The smallest absolute Gasteiger partial charge is 0.0240 e. The van der Waals surface area contributed by atoms with Crippen LogP contribution < -0.4 is 0 Å². The summed E-state index contributed by atoms with van der Waals surface area (Å²) in [6.07, 6.45) is 2.28. The predicted molar refractivity (Wildman–Crippen MR) is 108 cm³/mol. The minimum absolute atomic E-state index is 1.19. The van der Waals surface area contributed by atoms with Crippen LogP contribution in [0.15, 0.2) is 71.2 Å². The van der Waals surface area contributed by atoms with Crippen molar-refractivity contribution in [3.63, 3.8) is 0 Å². The summed E-state index contributed by atoms with van der Waals surface area (Å²) in [6.45, 7) is 6.54. The second-order valence-electron chi connectivity index (χ2n) is 6.16. The fourth-order valence-electron chi connectivity index (χ4n) is 3.21. The molecule has 0 radical (unpaired) electrons. The standard InChI is InChI=1S/C23H21Br/c1-16-14-17(2)23(24)18(3)22(16)21(20-12-8-5-9-13-20)15-19-10-6-4-7-11-19/h4-15H,1-3H3/b21-15+. The maximum absolute atomic E-state index is 3.76. The van der Waals surface area contributed by atoms with Crippen molar-refractivity contribution < 1.29 is 0 Å². The molecule has 120 valence electrons. The third-order valence-electron chi connectivity index (χ3n) is 4.34. The van der Waals surface area contributed by atoms with Gasteiger partial charge in [-0.3, -0.25) is 0 Å². The van der Waals surface area contributed by atoms with Crippen LogP contribution in [0.1, 0.15) is 33.4 Å². The fraction of sp³-hybridized carbons (Fsp3) is 0.130. The number of halogens is 1. The van der Waals surface area contributed by atoms with E-state index in [9.17, 15) is 0 Å². The molecular weight excluding hydrogens is 356 g/mol. The average Bonchev–Trinajstić information content (AvgIpc) is 2.60. The van der Waals surface area contributed by atoms with Crippen LogP contribution in [0.2, 0.25) is 0 Å². The van der Waals surface area contributed by atoms with Gasteiger partial charge in [0.25, 0.3) is 0 Å². The Labute approximate surface area is 153 Å². The summed E-state index contributed by atoms with van der Waals surface area (Å²) >= 11 is 3.76. The molecule has 3 aromatic carbocycles. The van der Waals surface area contributed by atoms with Crippen molar-refractivity contribution in [1.29, 1.82) is 0 Å². The van der Waals surface area contributed by atoms with Gasteiger partial charge in [0.2, 0.25) is 0 Å². The van der Waals surface area contributed by atoms with Crippen molar-refractivity contribution in [3.05, 3.63) is 105 Å². The Balaban J connectivity index is 2.28. The summed E-state index contributed by atoms with van der Waals surface area (Å²) in [6, 6.07) is 23.4. The Morgan fingerprint density at radius 2 is 1.38 bits per heavy atom. The van der Waals surface area contributed by atoms with E-state index in [0.717, 1.165) is 0 Å². The van der Waals surface area contributed by atoms with Crippen molar-refractivity contribution in [2.45, 2.75) is 20.8 Å². The van der Waals surface area contributed by atoms with E-state index in [1.807, 2.05) is 0 Å². The van der Waals surface area contributed by atoms with Crippen LogP contribution in [0.4, 0.5) is 0 Å². The van der Waals surface area contributed by atoms with Crippen LogP contribution in [0, 0.1) is 20.8 Å². The first-order chi connectivity index (χ1) is 11.6. The Morgan fingerprint density at radius 1 is 0.792 bits per heavy atom. The lowest BCUT2D eigenvalue weighted by molar-refractivity contribution is 1.26. The molecule has 0 atom stereocenters. The highest BCUT2D eigenvalue weighted by Crippen LogP contribution is 2.35. The lowest BCUT2D eigenvalue weighted by Crippen LogP contribution is -1.98. The summed E-state index contributed by atoms with van der Waals surface area (Å²) in [4.78, 5) is 0. The van der Waals surface area contributed by atoms with Crippen molar-refractivity contribution in [1.82, 2.24) is 0 Å². The Hall–Kier alpha value is -2.12. The van der Waals surface area contributed by atoms with Gasteiger partial charge < -0.3 is 0 Å². The molecule has 0 spiro atoms. The normalized spacial score (nSPS) is 11.6. The zero-order chi connectivity index (χ0) is 17.1. The van der Waals surface area contributed by atoms with Crippen molar-refractivity contribution in [2.24, 2.45) is 0 Å². The second kappa shape index (κ2) is 7.19. The van der Waals surface area contributed by atoms with Gasteiger partial charge in [-0.25, -0.2) is 0 Å². The van der Waals surface area contributed by atoms with E-state index in [0.29, 0.717) is 0 Å². The van der Waals surface area contributed by atoms with Gasteiger partial charge in [-0.1, -0.05) is 82.7 Å². The van der Waals surface area contributed by atoms with E-state index in [1.165, 1.54) is 43.4 Å². The van der Waals surface area contributed by atoms with Crippen LogP contribution in [0.3, 0.4) is 0 Å². The molecular formula is C23H21Br. The number of benzene rings is 3. The number of rotatable bonds is 3. The minimum Gasteiger partial charge on any atom is -0.0622 e. The van der Waals surface area contributed by atoms with Crippen LogP contribution >= 0.6 is 15.9 Å². The van der Waals surface area contributed by atoms with E-state index in [-0.39, 0.29) is 0 Å². The van der Waals surface area contributed by atoms with Crippen LogP contribution in [0.25, 0.3) is 11.6 Å². The lowest BCUT2D eigenvalue weighted by atomic mass is 9.88. The van der Waals surface area contributed by atoms with E-state index in [1.54, 1.807) is 0 Å². The third-order valence-corrected chi connectivity index (χ3v) is 5.56. The largest absolute Gasteiger partial charge is 0.0622 e. The lowest BCUT2D eigenvalue weighted by Gasteiger charge is -2.18. The summed E-state index contributed by atoms with van der Waals surface area (Å²) in [5.74, 6) is 0. The molecule has 3 aromatic rings. The van der Waals surface area contributed by atoms with E-state index in [2.05, 4.69) is 110 Å². The first-order valence-corrected chi connectivity index (χ1v) is 8.96. The number of hydrogen-bond donors (Lipinski definition) is 0. The highest BCUT2D eigenvalue weighted by atomic mass is 79.9. The maximum atomic E-state index is 3.76.